The van der Waals surface area contributed by atoms with Crippen molar-refractivity contribution in [2.45, 2.75) is 12.5 Å². The Morgan fingerprint density at radius 2 is 2.16 bits per heavy atom. The molecule has 102 valence electrons. The van der Waals surface area contributed by atoms with Crippen molar-refractivity contribution in [1.29, 1.82) is 0 Å². The third kappa shape index (κ3) is 3.23. The van der Waals surface area contributed by atoms with Gasteiger partial charge in [-0.1, -0.05) is 12.1 Å². The summed E-state index contributed by atoms with van der Waals surface area (Å²) in [7, 11) is 0. The first kappa shape index (κ1) is 13.4. The van der Waals surface area contributed by atoms with Gasteiger partial charge in [0.2, 0.25) is 0 Å². The number of hydrogen-bond donors (Lipinski definition) is 2. The Kier molecular flexibility index (Phi) is 4.01. The van der Waals surface area contributed by atoms with Gasteiger partial charge in [-0.3, -0.25) is 9.59 Å². The average Bonchev–Trinajstić information content (AvgIpc) is 2.50. The molecule has 1 heterocycles. The smallest absolute Gasteiger partial charge is 0.306 e. The number of rotatable bonds is 4. The Morgan fingerprint density at radius 3 is 2.89 bits per heavy atom. The number of carboxylic acids is 1. The molecule has 2 rings (SSSR count). The summed E-state index contributed by atoms with van der Waals surface area (Å²) in [6, 6.07) is 6.88. The third-order valence-corrected chi connectivity index (χ3v) is 2.86. The molecule has 6 heteroatoms. The van der Waals surface area contributed by atoms with Crippen LogP contribution in [-0.2, 0) is 4.79 Å². The number of fused-ring (bicyclic) bond motifs is 1. The molecule has 1 amide bonds. The highest BCUT2D eigenvalue weighted by atomic mass is 16.5. The molecule has 1 atom stereocenters. The largest absolute Gasteiger partial charge is 0.491 e. The lowest BCUT2D eigenvalue weighted by Crippen LogP contribution is -2.39. The van der Waals surface area contributed by atoms with E-state index >= 15 is 0 Å². The van der Waals surface area contributed by atoms with Gasteiger partial charge < -0.3 is 19.8 Å². The van der Waals surface area contributed by atoms with Gasteiger partial charge in [-0.25, -0.2) is 0 Å². The van der Waals surface area contributed by atoms with E-state index in [9.17, 15) is 14.7 Å². The number of para-hydroxylation sites is 1. The number of ether oxygens (including phenoxy) is 1. The summed E-state index contributed by atoms with van der Waals surface area (Å²) in [4.78, 5) is 24.2. The Balaban J connectivity index is 2.11. The van der Waals surface area contributed by atoms with E-state index in [1.165, 1.54) is 4.90 Å². The molecule has 0 spiro atoms. The maximum absolute atomic E-state index is 12.2. The topological polar surface area (TPSA) is 87.1 Å². The van der Waals surface area contributed by atoms with Crippen LogP contribution >= 0.6 is 0 Å². The highest BCUT2D eigenvalue weighted by Crippen LogP contribution is 2.22. The van der Waals surface area contributed by atoms with E-state index in [2.05, 4.69) is 0 Å². The van der Waals surface area contributed by atoms with E-state index in [-0.39, 0.29) is 18.9 Å². The minimum Gasteiger partial charge on any atom is -0.491 e. The van der Waals surface area contributed by atoms with Gasteiger partial charge in [-0.05, 0) is 12.1 Å². The molecule has 19 heavy (non-hydrogen) atoms. The SMILES string of the molecule is O=C(O)CC(O)CN1CCOc2ccccc2C1=O. The molecule has 0 aliphatic carbocycles. The number of benzene rings is 1. The van der Waals surface area contributed by atoms with E-state index in [1.54, 1.807) is 24.3 Å². The van der Waals surface area contributed by atoms with Crippen LogP contribution in [0.5, 0.6) is 5.75 Å². The lowest BCUT2D eigenvalue weighted by atomic mass is 10.1. The quantitative estimate of drug-likeness (QED) is 0.820. The Labute approximate surface area is 110 Å². The second kappa shape index (κ2) is 5.71. The van der Waals surface area contributed by atoms with Crippen molar-refractivity contribution < 1.29 is 24.5 Å². The van der Waals surface area contributed by atoms with Gasteiger partial charge in [-0.15, -0.1) is 0 Å². The lowest BCUT2D eigenvalue weighted by Gasteiger charge is -2.22. The molecule has 1 aromatic rings. The van der Waals surface area contributed by atoms with Crippen LogP contribution in [0.15, 0.2) is 24.3 Å². The zero-order valence-corrected chi connectivity index (χ0v) is 10.3. The first-order valence-corrected chi connectivity index (χ1v) is 5.99. The van der Waals surface area contributed by atoms with Crippen LogP contribution in [0.4, 0.5) is 0 Å². The molecule has 1 aromatic carbocycles. The molecule has 0 fully saturated rings. The molecule has 0 bridgehead atoms. The molecule has 0 radical (unpaired) electrons. The van der Waals surface area contributed by atoms with Crippen LogP contribution in [0, 0.1) is 0 Å². The number of aliphatic carboxylic acids is 1. The van der Waals surface area contributed by atoms with Crippen molar-refractivity contribution in [3.8, 4) is 5.75 Å². The van der Waals surface area contributed by atoms with Crippen molar-refractivity contribution in [1.82, 2.24) is 4.90 Å². The number of carbonyl (C=O) groups excluding carboxylic acids is 1. The van der Waals surface area contributed by atoms with Crippen LogP contribution in [0.3, 0.4) is 0 Å². The molecular weight excluding hydrogens is 250 g/mol. The van der Waals surface area contributed by atoms with Gasteiger partial charge in [0.05, 0.1) is 24.6 Å². The van der Waals surface area contributed by atoms with Gasteiger partial charge in [0.1, 0.15) is 12.4 Å². The Morgan fingerprint density at radius 1 is 1.42 bits per heavy atom. The van der Waals surface area contributed by atoms with E-state index in [0.717, 1.165) is 0 Å². The minimum atomic E-state index is -1.09. The van der Waals surface area contributed by atoms with E-state index in [0.29, 0.717) is 24.5 Å². The summed E-state index contributed by atoms with van der Waals surface area (Å²) >= 11 is 0. The van der Waals surface area contributed by atoms with Crippen LogP contribution in [0.25, 0.3) is 0 Å². The molecule has 0 aromatic heterocycles. The van der Waals surface area contributed by atoms with Crippen molar-refractivity contribution in [3.63, 3.8) is 0 Å². The van der Waals surface area contributed by atoms with Crippen LogP contribution < -0.4 is 4.74 Å². The molecule has 2 N–H and O–H groups in total. The zero-order valence-electron chi connectivity index (χ0n) is 10.3. The summed E-state index contributed by atoms with van der Waals surface area (Å²) in [6.45, 7) is 0.634. The average molecular weight is 265 g/mol. The second-order valence-corrected chi connectivity index (χ2v) is 4.35. The molecular formula is C13H15NO5. The molecule has 0 saturated heterocycles. The summed E-state index contributed by atoms with van der Waals surface area (Å²) in [5.74, 6) is -0.827. The summed E-state index contributed by atoms with van der Waals surface area (Å²) < 4.78 is 5.45. The number of amides is 1. The highest BCUT2D eigenvalue weighted by Gasteiger charge is 2.25. The fraction of sp³-hybridized carbons (Fsp3) is 0.385. The first-order valence-electron chi connectivity index (χ1n) is 5.99. The van der Waals surface area contributed by atoms with E-state index < -0.39 is 12.1 Å². The third-order valence-electron chi connectivity index (χ3n) is 2.86. The predicted octanol–water partition coefficient (Wildman–Crippen LogP) is 0.357. The maximum atomic E-state index is 12.2. The summed E-state index contributed by atoms with van der Waals surface area (Å²) in [6.07, 6.45) is -1.46. The predicted molar refractivity (Wildman–Crippen MR) is 66.1 cm³/mol. The lowest BCUT2D eigenvalue weighted by molar-refractivity contribution is -0.139. The minimum absolute atomic E-state index is 0.0111. The first-order chi connectivity index (χ1) is 9.08. The number of aliphatic hydroxyl groups is 1. The summed E-state index contributed by atoms with van der Waals surface area (Å²) in [5.41, 5.74) is 0.433. The van der Waals surface area contributed by atoms with Crippen molar-refractivity contribution in [2.75, 3.05) is 19.7 Å². The number of carboxylic acid groups (broad SMARTS) is 1. The number of nitrogens with zero attached hydrogens (tertiary/aromatic N) is 1. The monoisotopic (exact) mass is 265 g/mol. The number of aliphatic hydroxyl groups excluding tert-OH is 1. The van der Waals surface area contributed by atoms with Crippen molar-refractivity contribution in [2.24, 2.45) is 0 Å². The molecule has 1 unspecified atom stereocenters. The normalized spacial score (nSPS) is 16.3. The van der Waals surface area contributed by atoms with Gasteiger partial charge in [0.25, 0.3) is 5.91 Å². The van der Waals surface area contributed by atoms with E-state index in [4.69, 9.17) is 9.84 Å². The molecule has 1 aliphatic rings. The van der Waals surface area contributed by atoms with Crippen molar-refractivity contribution in [3.05, 3.63) is 29.8 Å². The van der Waals surface area contributed by atoms with E-state index in [1.807, 2.05) is 0 Å². The fourth-order valence-electron chi connectivity index (χ4n) is 2.00. The fourth-order valence-corrected chi connectivity index (χ4v) is 2.00. The summed E-state index contributed by atoms with van der Waals surface area (Å²) in [5, 5.41) is 18.2. The molecule has 6 nitrogen and oxygen atoms in total. The number of carbonyl (C=O) groups is 2. The molecule has 0 saturated carbocycles. The molecule has 1 aliphatic heterocycles. The van der Waals surface area contributed by atoms with Gasteiger partial charge >= 0.3 is 5.97 Å². The maximum Gasteiger partial charge on any atom is 0.306 e. The Hall–Kier alpha value is -2.08. The number of β-amino-alcohol motifs (C(OH)–C–C–N with tert-alkyl or cyclic N) is 1. The second-order valence-electron chi connectivity index (χ2n) is 4.35. The van der Waals surface area contributed by atoms with Gasteiger partial charge in [0, 0.05) is 6.54 Å². The Bertz CT molecular complexity index is 488. The van der Waals surface area contributed by atoms with Crippen LogP contribution in [0.1, 0.15) is 16.8 Å². The standard InChI is InChI=1S/C13H15NO5/c15-9(7-12(16)17)8-14-5-6-19-11-4-2-1-3-10(11)13(14)18/h1-4,9,15H,5-8H2,(H,16,17). The van der Waals surface area contributed by atoms with Crippen LogP contribution in [0.2, 0.25) is 0 Å². The number of hydrogen-bond acceptors (Lipinski definition) is 4. The zero-order chi connectivity index (χ0) is 13.8. The van der Waals surface area contributed by atoms with Gasteiger partial charge in [-0.2, -0.15) is 0 Å². The van der Waals surface area contributed by atoms with Crippen molar-refractivity contribution >= 4 is 11.9 Å². The van der Waals surface area contributed by atoms with Gasteiger partial charge in [0.15, 0.2) is 0 Å². The highest BCUT2D eigenvalue weighted by molar-refractivity contribution is 5.97. The van der Waals surface area contributed by atoms with Crippen LogP contribution in [-0.4, -0.2) is 52.8 Å².